The summed E-state index contributed by atoms with van der Waals surface area (Å²) in [7, 11) is 0. The molecule has 0 spiro atoms. The summed E-state index contributed by atoms with van der Waals surface area (Å²) < 4.78 is 0. The highest BCUT2D eigenvalue weighted by molar-refractivity contribution is 5.94. The van der Waals surface area contributed by atoms with Crippen molar-refractivity contribution in [2.24, 2.45) is 5.92 Å². The third kappa shape index (κ3) is 4.71. The average molecular weight is 352 g/mol. The number of halogens is 1. The quantitative estimate of drug-likeness (QED) is 0.899. The predicted octanol–water partition coefficient (Wildman–Crippen LogP) is 1.78. The van der Waals surface area contributed by atoms with Crippen LogP contribution in [0.3, 0.4) is 0 Å². The van der Waals surface area contributed by atoms with Crippen LogP contribution < -0.4 is 5.32 Å². The van der Waals surface area contributed by atoms with Crippen LogP contribution in [0.5, 0.6) is 0 Å². The van der Waals surface area contributed by atoms with E-state index in [-0.39, 0.29) is 24.2 Å². The maximum Gasteiger partial charge on any atom is 0.253 e. The van der Waals surface area contributed by atoms with E-state index in [1.54, 1.807) is 0 Å². The van der Waals surface area contributed by atoms with Crippen LogP contribution in [0.2, 0.25) is 0 Å². The molecule has 2 saturated heterocycles. The van der Waals surface area contributed by atoms with Gasteiger partial charge in [-0.1, -0.05) is 18.2 Å². The second-order valence-electron chi connectivity index (χ2n) is 6.44. The van der Waals surface area contributed by atoms with Gasteiger partial charge >= 0.3 is 0 Å². The van der Waals surface area contributed by atoms with E-state index in [4.69, 9.17) is 0 Å². The largest absolute Gasteiger partial charge is 0.339 e. The second kappa shape index (κ2) is 9.04. The van der Waals surface area contributed by atoms with Crippen molar-refractivity contribution in [1.29, 1.82) is 0 Å². The minimum atomic E-state index is 0. The van der Waals surface area contributed by atoms with Crippen molar-refractivity contribution >= 4 is 24.2 Å². The van der Waals surface area contributed by atoms with Crippen LogP contribution >= 0.6 is 12.4 Å². The molecule has 1 atom stereocenters. The number of carbonyl (C=O) groups excluding carboxylic acids is 2. The van der Waals surface area contributed by atoms with Gasteiger partial charge < -0.3 is 15.1 Å². The topological polar surface area (TPSA) is 52.7 Å². The third-order valence-corrected chi connectivity index (χ3v) is 4.87. The number of hydrogen-bond acceptors (Lipinski definition) is 3. The normalized spacial score (nSPS) is 20.6. The first-order valence-electron chi connectivity index (χ1n) is 8.57. The Labute approximate surface area is 149 Å². The number of hydrogen-bond donors (Lipinski definition) is 1. The molecule has 1 N–H and O–H groups in total. The molecule has 1 unspecified atom stereocenters. The Balaban J connectivity index is 0.00000208. The van der Waals surface area contributed by atoms with Gasteiger partial charge in [0.25, 0.3) is 5.91 Å². The van der Waals surface area contributed by atoms with E-state index in [0.717, 1.165) is 25.1 Å². The van der Waals surface area contributed by atoms with E-state index in [0.29, 0.717) is 38.5 Å². The number of amides is 2. The maximum absolute atomic E-state index is 12.4. The van der Waals surface area contributed by atoms with Gasteiger partial charge in [0.2, 0.25) is 5.91 Å². The van der Waals surface area contributed by atoms with Gasteiger partial charge in [-0.15, -0.1) is 12.4 Å². The van der Waals surface area contributed by atoms with Crippen LogP contribution in [0, 0.1) is 5.92 Å². The second-order valence-corrected chi connectivity index (χ2v) is 6.44. The molecule has 2 fully saturated rings. The van der Waals surface area contributed by atoms with Crippen LogP contribution in [0.25, 0.3) is 0 Å². The molecule has 6 heteroatoms. The molecule has 1 aromatic carbocycles. The fourth-order valence-electron chi connectivity index (χ4n) is 3.37. The smallest absolute Gasteiger partial charge is 0.253 e. The molecular formula is C18H26ClN3O2. The molecule has 2 aliphatic heterocycles. The summed E-state index contributed by atoms with van der Waals surface area (Å²) in [5.74, 6) is 0.957. The molecular weight excluding hydrogens is 326 g/mol. The summed E-state index contributed by atoms with van der Waals surface area (Å²) in [6, 6.07) is 9.36. The van der Waals surface area contributed by atoms with Crippen molar-refractivity contribution in [1.82, 2.24) is 15.1 Å². The monoisotopic (exact) mass is 351 g/mol. The number of nitrogens with one attached hydrogen (secondary N) is 1. The number of piperazine rings is 1. The van der Waals surface area contributed by atoms with Crippen LogP contribution in [-0.2, 0) is 4.79 Å². The average Bonchev–Trinajstić information content (AvgIpc) is 3.13. The van der Waals surface area contributed by atoms with Crippen molar-refractivity contribution in [2.75, 3.05) is 39.3 Å². The van der Waals surface area contributed by atoms with Gasteiger partial charge in [0, 0.05) is 38.2 Å². The minimum Gasteiger partial charge on any atom is -0.339 e. The Bertz CT molecular complexity index is 538. The molecule has 24 heavy (non-hydrogen) atoms. The standard InChI is InChI=1S/C18H25N3O2.ClH/c22-17(7-6-15-8-9-19-14-15)20-10-12-21(13-11-20)18(23)16-4-2-1-3-5-16;/h1-5,15,19H,6-14H2;1H. The van der Waals surface area contributed by atoms with E-state index in [2.05, 4.69) is 5.32 Å². The molecule has 1 aromatic rings. The zero-order valence-corrected chi connectivity index (χ0v) is 14.8. The fourth-order valence-corrected chi connectivity index (χ4v) is 3.37. The molecule has 3 rings (SSSR count). The van der Waals surface area contributed by atoms with Crippen LogP contribution in [-0.4, -0.2) is 60.9 Å². The number of carbonyl (C=O) groups is 2. The molecule has 132 valence electrons. The van der Waals surface area contributed by atoms with Crippen molar-refractivity contribution in [3.8, 4) is 0 Å². The van der Waals surface area contributed by atoms with Crippen molar-refractivity contribution < 1.29 is 9.59 Å². The lowest BCUT2D eigenvalue weighted by Gasteiger charge is -2.35. The van der Waals surface area contributed by atoms with Crippen LogP contribution in [0.1, 0.15) is 29.6 Å². The summed E-state index contributed by atoms with van der Waals surface area (Å²) in [5, 5.41) is 3.34. The fraction of sp³-hybridized carbons (Fsp3) is 0.556. The van der Waals surface area contributed by atoms with Crippen molar-refractivity contribution in [3.63, 3.8) is 0 Å². The lowest BCUT2D eigenvalue weighted by atomic mass is 10.0. The van der Waals surface area contributed by atoms with Gasteiger partial charge in [-0.05, 0) is 44.0 Å². The van der Waals surface area contributed by atoms with Gasteiger partial charge in [-0.2, -0.15) is 0 Å². The number of nitrogens with zero attached hydrogens (tertiary/aromatic N) is 2. The van der Waals surface area contributed by atoms with Crippen LogP contribution in [0.4, 0.5) is 0 Å². The van der Waals surface area contributed by atoms with Gasteiger partial charge in [0.15, 0.2) is 0 Å². The summed E-state index contributed by atoms with van der Waals surface area (Å²) in [6.07, 6.45) is 2.81. The zero-order chi connectivity index (χ0) is 16.1. The van der Waals surface area contributed by atoms with E-state index in [1.165, 1.54) is 6.42 Å². The third-order valence-electron chi connectivity index (χ3n) is 4.87. The lowest BCUT2D eigenvalue weighted by molar-refractivity contribution is -0.132. The Kier molecular flexibility index (Phi) is 7.06. The summed E-state index contributed by atoms with van der Waals surface area (Å²) >= 11 is 0. The first-order chi connectivity index (χ1) is 11.2. The van der Waals surface area contributed by atoms with Crippen molar-refractivity contribution in [3.05, 3.63) is 35.9 Å². The Morgan fingerprint density at radius 3 is 2.33 bits per heavy atom. The minimum absolute atomic E-state index is 0. The van der Waals surface area contributed by atoms with Gasteiger partial charge in [0.05, 0.1) is 0 Å². The SMILES string of the molecule is Cl.O=C(CCC1CCNC1)N1CCN(C(=O)c2ccccc2)CC1. The molecule has 5 nitrogen and oxygen atoms in total. The molecule has 2 amide bonds. The predicted molar refractivity (Wildman–Crippen MR) is 96.4 cm³/mol. The Morgan fingerprint density at radius 2 is 1.71 bits per heavy atom. The van der Waals surface area contributed by atoms with Gasteiger partial charge in [-0.25, -0.2) is 0 Å². The van der Waals surface area contributed by atoms with Crippen LogP contribution in [0.15, 0.2) is 30.3 Å². The van der Waals surface area contributed by atoms with E-state index >= 15 is 0 Å². The summed E-state index contributed by atoms with van der Waals surface area (Å²) in [6.45, 7) is 4.70. The highest BCUT2D eigenvalue weighted by Crippen LogP contribution is 2.16. The molecule has 0 bridgehead atoms. The molecule has 0 saturated carbocycles. The highest BCUT2D eigenvalue weighted by atomic mass is 35.5. The lowest BCUT2D eigenvalue weighted by Crippen LogP contribution is -2.50. The Hall–Kier alpha value is -1.59. The van der Waals surface area contributed by atoms with E-state index < -0.39 is 0 Å². The number of benzene rings is 1. The van der Waals surface area contributed by atoms with Gasteiger partial charge in [-0.3, -0.25) is 9.59 Å². The maximum atomic E-state index is 12.4. The molecule has 0 radical (unpaired) electrons. The van der Waals surface area contributed by atoms with E-state index in [1.807, 2.05) is 40.1 Å². The molecule has 2 heterocycles. The molecule has 0 aromatic heterocycles. The number of rotatable bonds is 4. The first-order valence-corrected chi connectivity index (χ1v) is 8.57. The highest BCUT2D eigenvalue weighted by Gasteiger charge is 2.25. The Morgan fingerprint density at radius 1 is 1.04 bits per heavy atom. The van der Waals surface area contributed by atoms with Crippen molar-refractivity contribution in [2.45, 2.75) is 19.3 Å². The van der Waals surface area contributed by atoms with E-state index in [9.17, 15) is 9.59 Å². The summed E-state index contributed by atoms with van der Waals surface area (Å²) in [5.41, 5.74) is 0.723. The van der Waals surface area contributed by atoms with Gasteiger partial charge in [0.1, 0.15) is 0 Å². The first kappa shape index (κ1) is 18.7. The summed E-state index contributed by atoms with van der Waals surface area (Å²) in [4.78, 5) is 28.5. The molecule has 0 aliphatic carbocycles. The molecule has 2 aliphatic rings. The zero-order valence-electron chi connectivity index (χ0n) is 13.9.